The molecule has 0 bridgehead atoms. The monoisotopic (exact) mass is 313 g/mol. The zero-order valence-corrected chi connectivity index (χ0v) is 13.2. The van der Waals surface area contributed by atoms with Crippen molar-refractivity contribution in [2.75, 3.05) is 6.54 Å². The van der Waals surface area contributed by atoms with E-state index in [1.165, 1.54) is 4.90 Å². The number of likely N-dealkylation sites (tertiary alicyclic amines) is 1. The number of carboxylic acids is 1. The van der Waals surface area contributed by atoms with Gasteiger partial charge in [-0.05, 0) is 44.9 Å². The molecule has 0 spiro atoms. The highest BCUT2D eigenvalue weighted by Crippen LogP contribution is 2.21. The second-order valence-corrected chi connectivity index (χ2v) is 5.91. The van der Waals surface area contributed by atoms with Gasteiger partial charge in [0.2, 0.25) is 0 Å². The van der Waals surface area contributed by atoms with Gasteiger partial charge >= 0.3 is 5.97 Å². The molecule has 23 heavy (non-hydrogen) atoms. The van der Waals surface area contributed by atoms with Gasteiger partial charge in [-0.15, -0.1) is 0 Å². The second-order valence-electron chi connectivity index (χ2n) is 5.91. The molecular weight excluding hydrogens is 294 g/mol. The third-order valence-corrected chi connectivity index (χ3v) is 4.18. The summed E-state index contributed by atoms with van der Waals surface area (Å²) in [4.78, 5) is 25.3. The largest absolute Gasteiger partial charge is 0.480 e. The molecule has 6 heteroatoms. The van der Waals surface area contributed by atoms with Crippen LogP contribution in [0.1, 0.15) is 34.6 Å². The van der Waals surface area contributed by atoms with E-state index in [1.807, 2.05) is 38.1 Å². The van der Waals surface area contributed by atoms with Gasteiger partial charge in [0.1, 0.15) is 6.04 Å². The van der Waals surface area contributed by atoms with Gasteiger partial charge in [-0.25, -0.2) is 9.48 Å². The lowest BCUT2D eigenvalue weighted by atomic mass is 10.2. The Morgan fingerprint density at radius 3 is 2.57 bits per heavy atom. The van der Waals surface area contributed by atoms with Crippen molar-refractivity contribution >= 4 is 11.9 Å². The van der Waals surface area contributed by atoms with Crippen LogP contribution in [0.3, 0.4) is 0 Å². The number of aliphatic carboxylic acids is 1. The van der Waals surface area contributed by atoms with Gasteiger partial charge < -0.3 is 10.0 Å². The number of hydrogen-bond donors (Lipinski definition) is 1. The molecule has 0 saturated carbocycles. The normalized spacial score (nSPS) is 17.5. The van der Waals surface area contributed by atoms with E-state index >= 15 is 0 Å². The summed E-state index contributed by atoms with van der Waals surface area (Å²) in [5.41, 5.74) is 3.15. The fraction of sp³-hybridized carbons (Fsp3) is 0.353. The van der Waals surface area contributed by atoms with E-state index in [4.69, 9.17) is 0 Å². The summed E-state index contributed by atoms with van der Waals surface area (Å²) < 4.78 is 1.71. The van der Waals surface area contributed by atoms with Crippen molar-refractivity contribution in [2.45, 2.75) is 32.7 Å². The highest BCUT2D eigenvalue weighted by Gasteiger charge is 2.35. The van der Waals surface area contributed by atoms with Crippen LogP contribution in [0.2, 0.25) is 0 Å². The summed E-state index contributed by atoms with van der Waals surface area (Å²) in [6.45, 7) is 4.35. The summed E-state index contributed by atoms with van der Waals surface area (Å²) in [5.74, 6) is -1.27. The minimum atomic E-state index is -0.953. The molecule has 0 radical (unpaired) electrons. The van der Waals surface area contributed by atoms with Gasteiger partial charge in [-0.1, -0.05) is 17.7 Å². The molecule has 1 aromatic heterocycles. The van der Waals surface area contributed by atoms with E-state index in [-0.39, 0.29) is 11.6 Å². The van der Waals surface area contributed by atoms with Gasteiger partial charge in [0.25, 0.3) is 5.91 Å². The van der Waals surface area contributed by atoms with Crippen molar-refractivity contribution in [2.24, 2.45) is 0 Å². The minimum Gasteiger partial charge on any atom is -0.480 e. The average molecular weight is 313 g/mol. The number of aryl methyl sites for hydroxylation is 2. The molecule has 1 aliphatic heterocycles. The smallest absolute Gasteiger partial charge is 0.326 e. The van der Waals surface area contributed by atoms with Gasteiger partial charge in [0.15, 0.2) is 5.69 Å². The van der Waals surface area contributed by atoms with E-state index in [9.17, 15) is 14.7 Å². The number of aromatic nitrogens is 2. The Labute approximate surface area is 134 Å². The quantitative estimate of drug-likeness (QED) is 0.942. The molecule has 3 rings (SSSR count). The maximum absolute atomic E-state index is 12.6. The summed E-state index contributed by atoms with van der Waals surface area (Å²) in [5, 5.41) is 13.6. The standard InChI is InChI=1S/C17H19N3O3/c1-11-5-7-13(8-6-11)20-12(2)10-14(18-20)16(21)19-9-3-4-15(19)17(22)23/h5-8,10,15H,3-4,9H2,1-2H3,(H,22,23)/t15-/m1/s1. The third-order valence-electron chi connectivity index (χ3n) is 4.18. The highest BCUT2D eigenvalue weighted by molar-refractivity contribution is 5.95. The lowest BCUT2D eigenvalue weighted by molar-refractivity contribution is -0.141. The van der Waals surface area contributed by atoms with Crippen LogP contribution >= 0.6 is 0 Å². The molecule has 0 aliphatic carbocycles. The first-order chi connectivity index (χ1) is 11.0. The third kappa shape index (κ3) is 2.84. The molecule has 1 N–H and O–H groups in total. The van der Waals surface area contributed by atoms with Crippen LogP contribution in [0.25, 0.3) is 5.69 Å². The van der Waals surface area contributed by atoms with E-state index < -0.39 is 12.0 Å². The summed E-state index contributed by atoms with van der Waals surface area (Å²) in [6.07, 6.45) is 1.21. The van der Waals surface area contributed by atoms with Crippen molar-refractivity contribution in [1.82, 2.24) is 14.7 Å². The summed E-state index contributed by atoms with van der Waals surface area (Å²) in [7, 11) is 0. The average Bonchev–Trinajstić information content (AvgIpc) is 3.14. The van der Waals surface area contributed by atoms with E-state index in [2.05, 4.69) is 5.10 Å². The Morgan fingerprint density at radius 2 is 1.91 bits per heavy atom. The van der Waals surface area contributed by atoms with Crippen molar-refractivity contribution in [3.05, 3.63) is 47.3 Å². The van der Waals surface area contributed by atoms with Crippen LogP contribution in [0.15, 0.2) is 30.3 Å². The van der Waals surface area contributed by atoms with E-state index in [0.717, 1.165) is 16.9 Å². The van der Waals surface area contributed by atoms with Gasteiger partial charge in [0, 0.05) is 12.2 Å². The van der Waals surface area contributed by atoms with Crippen LogP contribution in [0.5, 0.6) is 0 Å². The molecule has 1 fully saturated rings. The van der Waals surface area contributed by atoms with Crippen LogP contribution in [-0.4, -0.2) is 44.3 Å². The number of benzene rings is 1. The van der Waals surface area contributed by atoms with E-state index in [0.29, 0.717) is 19.4 Å². The molecule has 1 atom stereocenters. The Kier molecular flexibility index (Phi) is 3.90. The predicted molar refractivity (Wildman–Crippen MR) is 84.7 cm³/mol. The lowest BCUT2D eigenvalue weighted by Gasteiger charge is -2.20. The molecule has 1 aromatic carbocycles. The Balaban J connectivity index is 1.90. The number of nitrogens with zero attached hydrogens (tertiary/aromatic N) is 3. The maximum Gasteiger partial charge on any atom is 0.326 e. The fourth-order valence-corrected chi connectivity index (χ4v) is 2.94. The Bertz CT molecular complexity index is 749. The van der Waals surface area contributed by atoms with Crippen LogP contribution < -0.4 is 0 Å². The van der Waals surface area contributed by atoms with Crippen LogP contribution in [-0.2, 0) is 4.79 Å². The number of hydrogen-bond acceptors (Lipinski definition) is 3. The number of amides is 1. The molecule has 6 nitrogen and oxygen atoms in total. The maximum atomic E-state index is 12.6. The fourth-order valence-electron chi connectivity index (χ4n) is 2.94. The molecule has 2 aromatic rings. The second kappa shape index (κ2) is 5.87. The van der Waals surface area contributed by atoms with Crippen molar-refractivity contribution < 1.29 is 14.7 Å². The topological polar surface area (TPSA) is 75.4 Å². The van der Waals surface area contributed by atoms with Crippen molar-refractivity contribution in [1.29, 1.82) is 0 Å². The van der Waals surface area contributed by atoms with Gasteiger partial charge in [-0.3, -0.25) is 4.79 Å². The molecule has 1 amide bonds. The van der Waals surface area contributed by atoms with Gasteiger partial charge in [0.05, 0.1) is 5.69 Å². The molecule has 1 saturated heterocycles. The van der Waals surface area contributed by atoms with E-state index in [1.54, 1.807) is 10.7 Å². The number of carbonyl (C=O) groups excluding carboxylic acids is 1. The van der Waals surface area contributed by atoms with Crippen LogP contribution in [0, 0.1) is 13.8 Å². The molecule has 0 unspecified atom stereocenters. The first-order valence-electron chi connectivity index (χ1n) is 7.65. The Morgan fingerprint density at radius 1 is 1.22 bits per heavy atom. The zero-order chi connectivity index (χ0) is 16.6. The highest BCUT2D eigenvalue weighted by atomic mass is 16.4. The zero-order valence-electron chi connectivity index (χ0n) is 13.2. The molecular formula is C17H19N3O3. The molecule has 2 heterocycles. The molecule has 120 valence electrons. The Hall–Kier alpha value is -2.63. The summed E-state index contributed by atoms with van der Waals surface area (Å²) in [6, 6.07) is 8.82. The predicted octanol–water partition coefficient (Wildman–Crippen LogP) is 2.18. The number of carbonyl (C=O) groups is 2. The first-order valence-corrected chi connectivity index (χ1v) is 7.65. The van der Waals surface area contributed by atoms with Crippen molar-refractivity contribution in [3.8, 4) is 5.69 Å². The van der Waals surface area contributed by atoms with Gasteiger partial charge in [-0.2, -0.15) is 5.10 Å². The summed E-state index contributed by atoms with van der Waals surface area (Å²) >= 11 is 0. The number of rotatable bonds is 3. The van der Waals surface area contributed by atoms with Crippen LogP contribution in [0.4, 0.5) is 0 Å². The molecule has 1 aliphatic rings. The minimum absolute atomic E-state index is 0.288. The first kappa shape index (κ1) is 15.3. The lowest BCUT2D eigenvalue weighted by Crippen LogP contribution is -2.40. The van der Waals surface area contributed by atoms with Crippen molar-refractivity contribution in [3.63, 3.8) is 0 Å². The number of carboxylic acid groups (broad SMARTS) is 1. The SMILES string of the molecule is Cc1ccc(-n2nc(C(=O)N3CCC[C@@H]3C(=O)O)cc2C)cc1.